The molecule has 0 N–H and O–H groups in total. The van der Waals surface area contributed by atoms with Gasteiger partial charge < -0.3 is 14.2 Å². The fourth-order valence-corrected chi connectivity index (χ4v) is 9.65. The molecule has 6 heteroatoms. The summed E-state index contributed by atoms with van der Waals surface area (Å²) < 4.78 is 16.9. The number of esters is 3. The summed E-state index contributed by atoms with van der Waals surface area (Å²) in [6.07, 6.45) is 72.0. The molecular formula is C65H122O6. The van der Waals surface area contributed by atoms with E-state index in [9.17, 15) is 14.4 Å². The van der Waals surface area contributed by atoms with E-state index in [-0.39, 0.29) is 31.1 Å². The molecule has 71 heavy (non-hydrogen) atoms. The fraction of sp³-hybridized carbons (Fsp3) is 0.892. The standard InChI is InChI=1S/C65H122O6/c1-4-7-10-13-16-19-22-24-26-28-29-30-31-32-33-34-35-36-38-39-41-43-46-49-52-55-58-64(67)70-61-62(60-69-63(66)57-54-51-48-45-21-18-15-12-9-6-3)71-65(68)59-56-53-50-47-44-42-40-37-27-25-23-20-17-14-11-8-5-2/h17,20,25,27,62H,4-16,18-19,21-24,26,28-61H2,1-3H3/b20-17-,27-25-. The first kappa shape index (κ1) is 68.9. The van der Waals surface area contributed by atoms with Gasteiger partial charge in [0.15, 0.2) is 6.10 Å². The Labute approximate surface area is 443 Å². The second-order valence-electron chi connectivity index (χ2n) is 21.7. The van der Waals surface area contributed by atoms with E-state index in [2.05, 4.69) is 45.1 Å². The third-order valence-electron chi connectivity index (χ3n) is 14.5. The molecule has 0 fully saturated rings. The van der Waals surface area contributed by atoms with Crippen LogP contribution in [0.2, 0.25) is 0 Å². The van der Waals surface area contributed by atoms with Crippen LogP contribution in [0.25, 0.3) is 0 Å². The van der Waals surface area contributed by atoms with Crippen LogP contribution in [0.15, 0.2) is 24.3 Å². The summed E-state index contributed by atoms with van der Waals surface area (Å²) in [6.45, 7) is 6.66. The zero-order valence-corrected chi connectivity index (χ0v) is 48.0. The van der Waals surface area contributed by atoms with Crippen molar-refractivity contribution >= 4 is 17.9 Å². The molecule has 0 aliphatic carbocycles. The first-order valence-electron chi connectivity index (χ1n) is 31.8. The second-order valence-corrected chi connectivity index (χ2v) is 21.7. The van der Waals surface area contributed by atoms with Gasteiger partial charge in [0, 0.05) is 19.3 Å². The number of unbranched alkanes of at least 4 members (excludes halogenated alkanes) is 44. The third kappa shape index (κ3) is 58.7. The Morgan fingerprint density at radius 1 is 0.282 bits per heavy atom. The average Bonchev–Trinajstić information content (AvgIpc) is 3.37. The van der Waals surface area contributed by atoms with Crippen molar-refractivity contribution in [2.24, 2.45) is 0 Å². The molecule has 0 heterocycles. The van der Waals surface area contributed by atoms with E-state index < -0.39 is 6.10 Å². The Bertz CT molecular complexity index is 1150. The SMILES string of the molecule is CCCCC/C=C\C/C=C\CCCCCCCCCC(=O)OC(COC(=O)CCCCCCCCCCCC)COC(=O)CCCCCCCCCCCCCCCCCCCCCCCCCCCC. The summed E-state index contributed by atoms with van der Waals surface area (Å²) in [5, 5.41) is 0. The predicted molar refractivity (Wildman–Crippen MR) is 307 cm³/mol. The van der Waals surface area contributed by atoms with E-state index in [0.29, 0.717) is 19.3 Å². The van der Waals surface area contributed by atoms with Crippen LogP contribution in [0.3, 0.4) is 0 Å². The molecule has 0 bridgehead atoms. The van der Waals surface area contributed by atoms with Crippen LogP contribution in [-0.2, 0) is 28.6 Å². The molecule has 0 spiro atoms. The maximum Gasteiger partial charge on any atom is 0.306 e. The van der Waals surface area contributed by atoms with Crippen LogP contribution < -0.4 is 0 Å². The third-order valence-corrected chi connectivity index (χ3v) is 14.5. The smallest absolute Gasteiger partial charge is 0.306 e. The van der Waals surface area contributed by atoms with Crippen molar-refractivity contribution in [1.82, 2.24) is 0 Å². The van der Waals surface area contributed by atoms with Gasteiger partial charge >= 0.3 is 17.9 Å². The van der Waals surface area contributed by atoms with Crippen molar-refractivity contribution in [2.75, 3.05) is 13.2 Å². The van der Waals surface area contributed by atoms with E-state index in [1.807, 2.05) is 0 Å². The highest BCUT2D eigenvalue weighted by Gasteiger charge is 2.19. The van der Waals surface area contributed by atoms with Gasteiger partial charge in [0.2, 0.25) is 0 Å². The molecule has 0 amide bonds. The van der Waals surface area contributed by atoms with Crippen LogP contribution in [0.4, 0.5) is 0 Å². The van der Waals surface area contributed by atoms with E-state index in [0.717, 1.165) is 70.6 Å². The Morgan fingerprint density at radius 3 is 0.803 bits per heavy atom. The summed E-state index contributed by atoms with van der Waals surface area (Å²) in [5.74, 6) is -0.855. The lowest BCUT2D eigenvalue weighted by molar-refractivity contribution is -0.167. The summed E-state index contributed by atoms with van der Waals surface area (Å²) in [5.41, 5.74) is 0. The van der Waals surface area contributed by atoms with E-state index in [1.165, 1.54) is 244 Å². The number of hydrogen-bond donors (Lipinski definition) is 0. The summed E-state index contributed by atoms with van der Waals surface area (Å²) in [7, 11) is 0. The van der Waals surface area contributed by atoms with Crippen molar-refractivity contribution in [3.05, 3.63) is 24.3 Å². The molecule has 0 aliphatic rings. The monoisotopic (exact) mass is 999 g/mol. The highest BCUT2D eigenvalue weighted by Crippen LogP contribution is 2.18. The molecule has 418 valence electrons. The number of rotatable bonds is 59. The highest BCUT2D eigenvalue weighted by atomic mass is 16.6. The van der Waals surface area contributed by atoms with Crippen LogP contribution >= 0.6 is 0 Å². The summed E-state index contributed by atoms with van der Waals surface area (Å²) >= 11 is 0. The van der Waals surface area contributed by atoms with Crippen molar-refractivity contribution in [3.63, 3.8) is 0 Å². The van der Waals surface area contributed by atoms with Crippen molar-refractivity contribution < 1.29 is 28.6 Å². The first-order chi connectivity index (χ1) is 35.0. The number of hydrogen-bond acceptors (Lipinski definition) is 6. The van der Waals surface area contributed by atoms with Crippen LogP contribution in [0.1, 0.15) is 355 Å². The van der Waals surface area contributed by atoms with Gasteiger partial charge in [-0.15, -0.1) is 0 Å². The van der Waals surface area contributed by atoms with Crippen molar-refractivity contribution in [1.29, 1.82) is 0 Å². The molecular weight excluding hydrogens is 877 g/mol. The second kappa shape index (κ2) is 60.4. The molecule has 0 saturated carbocycles. The molecule has 0 aromatic carbocycles. The van der Waals surface area contributed by atoms with Gasteiger partial charge in [-0.1, -0.05) is 308 Å². The van der Waals surface area contributed by atoms with Crippen LogP contribution in [-0.4, -0.2) is 37.2 Å². The number of carbonyl (C=O) groups excluding carboxylic acids is 3. The van der Waals surface area contributed by atoms with E-state index in [1.54, 1.807) is 0 Å². The molecule has 1 atom stereocenters. The number of carbonyl (C=O) groups is 3. The van der Waals surface area contributed by atoms with Crippen molar-refractivity contribution in [2.45, 2.75) is 361 Å². The minimum atomic E-state index is -0.770. The van der Waals surface area contributed by atoms with Gasteiger partial charge in [-0.3, -0.25) is 14.4 Å². The molecule has 0 aromatic heterocycles. The minimum absolute atomic E-state index is 0.0689. The minimum Gasteiger partial charge on any atom is -0.462 e. The quantitative estimate of drug-likeness (QED) is 0.0261. The molecule has 0 aromatic rings. The van der Waals surface area contributed by atoms with Gasteiger partial charge in [0.05, 0.1) is 0 Å². The lowest BCUT2D eigenvalue weighted by Crippen LogP contribution is -2.30. The Kier molecular flexibility index (Phi) is 58.6. The van der Waals surface area contributed by atoms with Crippen LogP contribution in [0.5, 0.6) is 0 Å². The molecule has 0 saturated heterocycles. The average molecular weight is 1000 g/mol. The summed E-state index contributed by atoms with van der Waals surface area (Å²) in [4.78, 5) is 38.2. The Morgan fingerprint density at radius 2 is 0.507 bits per heavy atom. The molecule has 0 rings (SSSR count). The zero-order valence-electron chi connectivity index (χ0n) is 48.0. The van der Waals surface area contributed by atoms with Gasteiger partial charge in [-0.25, -0.2) is 0 Å². The number of ether oxygens (including phenoxy) is 3. The number of allylic oxidation sites excluding steroid dienone is 4. The molecule has 0 radical (unpaired) electrons. The molecule has 1 unspecified atom stereocenters. The topological polar surface area (TPSA) is 78.9 Å². The predicted octanol–water partition coefficient (Wildman–Crippen LogP) is 21.4. The van der Waals surface area contributed by atoms with Gasteiger partial charge in [-0.2, -0.15) is 0 Å². The van der Waals surface area contributed by atoms with Crippen LogP contribution in [0, 0.1) is 0 Å². The van der Waals surface area contributed by atoms with Gasteiger partial charge in [0.25, 0.3) is 0 Å². The largest absolute Gasteiger partial charge is 0.462 e. The lowest BCUT2D eigenvalue weighted by Gasteiger charge is -2.18. The Hall–Kier alpha value is -2.11. The molecule has 6 nitrogen and oxygen atoms in total. The zero-order chi connectivity index (χ0) is 51.4. The van der Waals surface area contributed by atoms with E-state index in [4.69, 9.17) is 14.2 Å². The Balaban J connectivity index is 4.15. The van der Waals surface area contributed by atoms with Gasteiger partial charge in [0.1, 0.15) is 13.2 Å². The van der Waals surface area contributed by atoms with E-state index >= 15 is 0 Å². The van der Waals surface area contributed by atoms with Crippen molar-refractivity contribution in [3.8, 4) is 0 Å². The fourth-order valence-electron chi connectivity index (χ4n) is 9.65. The maximum absolute atomic E-state index is 12.9. The lowest BCUT2D eigenvalue weighted by atomic mass is 10.0. The highest BCUT2D eigenvalue weighted by molar-refractivity contribution is 5.71. The van der Waals surface area contributed by atoms with Gasteiger partial charge in [-0.05, 0) is 51.4 Å². The molecule has 0 aliphatic heterocycles. The first-order valence-corrected chi connectivity index (χ1v) is 31.8. The normalized spacial score (nSPS) is 12.1. The maximum atomic E-state index is 12.9. The summed E-state index contributed by atoms with van der Waals surface area (Å²) in [6, 6.07) is 0.